The Labute approximate surface area is 217 Å². The van der Waals surface area contributed by atoms with Crippen molar-refractivity contribution in [1.29, 1.82) is 0 Å². The van der Waals surface area contributed by atoms with Gasteiger partial charge in [0.2, 0.25) is 5.88 Å². The van der Waals surface area contributed by atoms with Gasteiger partial charge in [-0.1, -0.05) is 6.07 Å². The smallest absolute Gasteiger partial charge is 0.408 e. The van der Waals surface area contributed by atoms with Crippen molar-refractivity contribution in [2.75, 3.05) is 12.0 Å². The van der Waals surface area contributed by atoms with Crippen molar-refractivity contribution in [3.63, 3.8) is 0 Å². The fourth-order valence-corrected chi connectivity index (χ4v) is 5.25. The largest absolute Gasteiger partial charge is 0.497 e. The maximum atomic E-state index is 12.6. The number of amides is 1. The summed E-state index contributed by atoms with van der Waals surface area (Å²) < 4.78 is 17.1. The standard InChI is InChI=1S/C28H35N5O4/c1-28(2,3)37-27(34)30-20-15-19-16-22(35-4)12-13-23(19)33-24(17-20)31-32-26(33)18-8-10-21(11-9-18)36-25-7-5-6-14-29-25/h5-7,12-14,16-18,20-21,26H,8-11,15H2,1-4H3,(H,30,34)/t18-,20?,21-,26?. The molecule has 3 heterocycles. The highest BCUT2D eigenvalue weighted by atomic mass is 16.6. The second-order valence-electron chi connectivity index (χ2n) is 10.8. The highest BCUT2D eigenvalue weighted by Gasteiger charge is 2.39. The first-order valence-electron chi connectivity index (χ1n) is 12.9. The SMILES string of the molecule is COc1ccc2c(c1)CC(NC(=O)OC(C)(C)C)C=C1N=NC([C@H]3CC[C@H](Oc4ccccn4)CC3)N12. The van der Waals surface area contributed by atoms with Gasteiger partial charge < -0.3 is 19.5 Å². The van der Waals surface area contributed by atoms with Crippen LogP contribution in [-0.4, -0.2) is 42.1 Å². The van der Waals surface area contributed by atoms with E-state index in [2.05, 4.69) is 26.4 Å². The first-order valence-corrected chi connectivity index (χ1v) is 12.9. The number of hydrogen-bond acceptors (Lipinski definition) is 8. The maximum Gasteiger partial charge on any atom is 0.408 e. The zero-order chi connectivity index (χ0) is 26.0. The lowest BCUT2D eigenvalue weighted by Gasteiger charge is -2.35. The van der Waals surface area contributed by atoms with Crippen molar-refractivity contribution in [1.82, 2.24) is 10.3 Å². The second-order valence-corrected chi connectivity index (χ2v) is 10.8. The minimum Gasteiger partial charge on any atom is -0.497 e. The van der Waals surface area contributed by atoms with Gasteiger partial charge in [0.15, 0.2) is 12.0 Å². The molecule has 0 spiro atoms. The van der Waals surface area contributed by atoms with Crippen LogP contribution in [0.4, 0.5) is 10.5 Å². The van der Waals surface area contributed by atoms with E-state index in [0.717, 1.165) is 48.5 Å². The number of pyridine rings is 1. The van der Waals surface area contributed by atoms with Crippen LogP contribution >= 0.6 is 0 Å². The molecule has 1 fully saturated rings. The first-order chi connectivity index (χ1) is 17.8. The van der Waals surface area contributed by atoms with Gasteiger partial charge in [-0.3, -0.25) is 4.90 Å². The van der Waals surface area contributed by atoms with Crippen LogP contribution in [0.25, 0.3) is 0 Å². The number of benzene rings is 1. The van der Waals surface area contributed by atoms with Crippen molar-refractivity contribution in [3.05, 3.63) is 60.1 Å². The molecule has 196 valence electrons. The zero-order valence-electron chi connectivity index (χ0n) is 21.9. The number of nitrogens with zero attached hydrogens (tertiary/aromatic N) is 4. The van der Waals surface area contributed by atoms with Gasteiger partial charge in [0.25, 0.3) is 0 Å². The Hall–Kier alpha value is -3.62. The van der Waals surface area contributed by atoms with E-state index in [1.807, 2.05) is 57.2 Å². The number of rotatable bonds is 5. The number of ether oxygens (including phenoxy) is 3. The minimum atomic E-state index is -0.577. The molecule has 1 aromatic carbocycles. The molecule has 0 bridgehead atoms. The van der Waals surface area contributed by atoms with Crippen LogP contribution in [0.5, 0.6) is 11.6 Å². The van der Waals surface area contributed by atoms with E-state index >= 15 is 0 Å². The number of carbonyl (C=O) groups excluding carboxylic acids is 1. The summed E-state index contributed by atoms with van der Waals surface area (Å²) in [7, 11) is 1.66. The molecule has 0 radical (unpaired) electrons. The highest BCUT2D eigenvalue weighted by Crippen LogP contribution is 2.42. The number of hydrogen-bond donors (Lipinski definition) is 1. The van der Waals surface area contributed by atoms with E-state index in [4.69, 9.17) is 19.3 Å². The van der Waals surface area contributed by atoms with Crippen LogP contribution in [-0.2, 0) is 11.2 Å². The fourth-order valence-electron chi connectivity index (χ4n) is 5.25. The van der Waals surface area contributed by atoms with E-state index < -0.39 is 11.7 Å². The third kappa shape index (κ3) is 5.87. The van der Waals surface area contributed by atoms with E-state index in [0.29, 0.717) is 18.2 Å². The lowest BCUT2D eigenvalue weighted by molar-refractivity contribution is 0.0514. The van der Waals surface area contributed by atoms with Crippen LogP contribution in [0.2, 0.25) is 0 Å². The number of azo groups is 1. The molecule has 1 aromatic heterocycles. The summed E-state index contributed by atoms with van der Waals surface area (Å²) in [6, 6.07) is 11.5. The summed E-state index contributed by atoms with van der Waals surface area (Å²) in [6.45, 7) is 5.56. The van der Waals surface area contributed by atoms with Crippen LogP contribution in [0, 0.1) is 5.92 Å². The third-order valence-electron chi connectivity index (χ3n) is 6.89. The molecule has 0 saturated heterocycles. The Balaban J connectivity index is 1.34. The average molecular weight is 506 g/mol. The topological polar surface area (TPSA) is 97.6 Å². The van der Waals surface area contributed by atoms with Gasteiger partial charge in [-0.2, -0.15) is 5.11 Å². The predicted molar refractivity (Wildman–Crippen MR) is 140 cm³/mol. The van der Waals surface area contributed by atoms with Gasteiger partial charge in [-0.25, -0.2) is 9.78 Å². The summed E-state index contributed by atoms with van der Waals surface area (Å²) >= 11 is 0. The summed E-state index contributed by atoms with van der Waals surface area (Å²) in [5.41, 5.74) is 1.53. The van der Waals surface area contributed by atoms with Crippen LogP contribution < -0.4 is 19.7 Å². The number of nitrogens with one attached hydrogen (secondary N) is 1. The second kappa shape index (κ2) is 10.4. The summed E-state index contributed by atoms with van der Waals surface area (Å²) in [5, 5.41) is 12.3. The molecule has 2 unspecified atom stereocenters. The molecule has 2 atom stereocenters. The molecular formula is C28H35N5O4. The average Bonchev–Trinajstić information content (AvgIpc) is 3.20. The van der Waals surface area contributed by atoms with Gasteiger partial charge in [-0.15, -0.1) is 5.11 Å². The molecule has 37 heavy (non-hydrogen) atoms. The number of aromatic nitrogens is 1. The quantitative estimate of drug-likeness (QED) is 0.567. The predicted octanol–water partition coefficient (Wildman–Crippen LogP) is 5.62. The molecule has 2 aromatic rings. The lowest BCUT2D eigenvalue weighted by atomic mass is 9.85. The third-order valence-corrected chi connectivity index (χ3v) is 6.89. The Kier molecular flexibility index (Phi) is 7.04. The monoisotopic (exact) mass is 505 g/mol. The number of anilines is 1. The molecular weight excluding hydrogens is 470 g/mol. The molecule has 9 nitrogen and oxygen atoms in total. The lowest BCUT2D eigenvalue weighted by Crippen LogP contribution is -2.39. The molecule has 2 aliphatic heterocycles. The summed E-state index contributed by atoms with van der Waals surface area (Å²) in [4.78, 5) is 19.1. The summed E-state index contributed by atoms with van der Waals surface area (Å²) in [5.74, 6) is 2.54. The highest BCUT2D eigenvalue weighted by molar-refractivity contribution is 5.70. The zero-order valence-corrected chi connectivity index (χ0v) is 21.9. The van der Waals surface area contributed by atoms with E-state index in [-0.39, 0.29) is 18.3 Å². The minimum absolute atomic E-state index is 0.102. The van der Waals surface area contributed by atoms with Crippen molar-refractivity contribution in [2.45, 2.75) is 76.8 Å². The van der Waals surface area contributed by atoms with Gasteiger partial charge in [0, 0.05) is 23.9 Å². The number of carbonyl (C=O) groups is 1. The number of fused-ring (bicyclic) bond motifs is 3. The molecule has 1 N–H and O–H groups in total. The number of alkyl carbamates (subject to hydrolysis) is 1. The Morgan fingerprint density at radius 1 is 1.11 bits per heavy atom. The van der Waals surface area contributed by atoms with Crippen LogP contribution in [0.1, 0.15) is 52.0 Å². The van der Waals surface area contributed by atoms with Gasteiger partial charge in [0.1, 0.15) is 17.5 Å². The molecule has 1 aliphatic carbocycles. The Bertz CT molecular complexity index is 1170. The van der Waals surface area contributed by atoms with Gasteiger partial charge >= 0.3 is 6.09 Å². The number of methoxy groups -OCH3 is 1. The maximum absolute atomic E-state index is 12.6. The van der Waals surface area contributed by atoms with Crippen molar-refractivity contribution < 1.29 is 19.0 Å². The van der Waals surface area contributed by atoms with Crippen molar-refractivity contribution >= 4 is 11.8 Å². The molecule has 5 rings (SSSR count). The first kappa shape index (κ1) is 25.0. The van der Waals surface area contributed by atoms with Crippen LogP contribution in [0.3, 0.4) is 0 Å². The molecule has 3 aliphatic rings. The molecule has 1 amide bonds. The Morgan fingerprint density at radius 2 is 1.92 bits per heavy atom. The normalized spacial score (nSPS) is 24.9. The van der Waals surface area contributed by atoms with E-state index in [1.165, 1.54) is 0 Å². The van der Waals surface area contributed by atoms with Gasteiger partial charge in [0.05, 0.1) is 13.2 Å². The van der Waals surface area contributed by atoms with E-state index in [1.54, 1.807) is 13.3 Å². The molecule has 9 heteroatoms. The summed E-state index contributed by atoms with van der Waals surface area (Å²) in [6.07, 6.45) is 7.78. The molecule has 1 saturated carbocycles. The van der Waals surface area contributed by atoms with Crippen LogP contribution in [0.15, 0.2) is 64.7 Å². The van der Waals surface area contributed by atoms with E-state index in [9.17, 15) is 4.79 Å². The van der Waals surface area contributed by atoms with Crippen molar-refractivity contribution in [2.24, 2.45) is 16.1 Å². The fraction of sp³-hybridized carbons (Fsp3) is 0.500. The Morgan fingerprint density at radius 3 is 2.62 bits per heavy atom. The van der Waals surface area contributed by atoms with Gasteiger partial charge in [-0.05, 0) is 88.8 Å². The van der Waals surface area contributed by atoms with Crippen molar-refractivity contribution in [3.8, 4) is 11.6 Å².